The first-order valence-electron chi connectivity index (χ1n) is 6.34. The summed E-state index contributed by atoms with van der Waals surface area (Å²) in [7, 11) is 0. The minimum Gasteiger partial charge on any atom is -0.458 e. The largest absolute Gasteiger partial charge is 0.458 e. The lowest BCUT2D eigenvalue weighted by Crippen LogP contribution is -2.43. The normalized spacial score (nSPS) is 12.7. The van der Waals surface area contributed by atoms with Gasteiger partial charge in [0.25, 0.3) is 11.5 Å². The van der Waals surface area contributed by atoms with Gasteiger partial charge in [-0.15, -0.1) is 0 Å². The Kier molecular flexibility index (Phi) is 4.70. The number of hydrogen-bond acceptors (Lipinski definition) is 4. The summed E-state index contributed by atoms with van der Waals surface area (Å²) in [6.07, 6.45) is 0. The van der Waals surface area contributed by atoms with Crippen molar-refractivity contribution in [2.45, 2.75) is 46.3 Å². The third kappa shape index (κ3) is 4.53. The average Bonchev–Trinajstić information content (AvgIpc) is 2.26. The number of carbonyl (C=O) groups excluding carboxylic acids is 2. The summed E-state index contributed by atoms with van der Waals surface area (Å²) in [5.74, 6) is -1.15. The van der Waals surface area contributed by atoms with Gasteiger partial charge in [-0.1, -0.05) is 0 Å². The second-order valence-electron chi connectivity index (χ2n) is 5.61. The van der Waals surface area contributed by atoms with Gasteiger partial charge in [-0.05, 0) is 46.8 Å². The molecule has 0 bridgehead atoms. The number of aryl methyl sites for hydroxylation is 1. The summed E-state index contributed by atoms with van der Waals surface area (Å²) in [6.45, 7) is 8.44. The van der Waals surface area contributed by atoms with Crippen molar-refractivity contribution < 1.29 is 14.3 Å². The molecule has 0 aliphatic rings. The highest BCUT2D eigenvalue weighted by atomic mass is 16.6. The Labute approximate surface area is 117 Å². The quantitative estimate of drug-likeness (QED) is 0.813. The molecule has 110 valence electrons. The molecule has 0 unspecified atom stereocenters. The third-order valence-corrected chi connectivity index (χ3v) is 2.41. The molecular formula is C14H20N2O4. The van der Waals surface area contributed by atoms with Crippen molar-refractivity contribution in [3.05, 3.63) is 33.7 Å². The van der Waals surface area contributed by atoms with Crippen LogP contribution in [-0.4, -0.2) is 28.5 Å². The first-order chi connectivity index (χ1) is 9.10. The lowest BCUT2D eigenvalue weighted by molar-refractivity contribution is -0.156. The molecule has 1 aromatic heterocycles. The number of H-pyrrole nitrogens is 1. The molecule has 0 aliphatic carbocycles. The van der Waals surface area contributed by atoms with Gasteiger partial charge in [-0.3, -0.25) is 9.59 Å². The van der Waals surface area contributed by atoms with E-state index in [2.05, 4.69) is 10.3 Å². The first kappa shape index (κ1) is 15.9. The summed E-state index contributed by atoms with van der Waals surface area (Å²) < 4.78 is 5.15. The maximum Gasteiger partial charge on any atom is 0.328 e. The highest BCUT2D eigenvalue weighted by Crippen LogP contribution is 2.08. The van der Waals surface area contributed by atoms with E-state index in [4.69, 9.17) is 4.74 Å². The van der Waals surface area contributed by atoms with Crippen LogP contribution in [0, 0.1) is 6.92 Å². The maximum absolute atomic E-state index is 11.9. The Morgan fingerprint density at radius 2 is 1.90 bits per heavy atom. The predicted octanol–water partition coefficient (Wildman–Crippen LogP) is 1.14. The third-order valence-electron chi connectivity index (χ3n) is 2.41. The highest BCUT2D eigenvalue weighted by molar-refractivity contribution is 5.96. The standard InChI is InChI=1S/C14H20N2O4/c1-8-6-7-10(11(17)15-8)12(18)16-9(2)13(19)20-14(3,4)5/h6-7,9H,1-5H3,(H,15,17)(H,16,18)/t9-/m1/s1. The molecule has 0 radical (unpaired) electrons. The Balaban J connectivity index is 2.75. The Morgan fingerprint density at radius 1 is 1.30 bits per heavy atom. The van der Waals surface area contributed by atoms with Crippen LogP contribution in [0.5, 0.6) is 0 Å². The molecule has 1 heterocycles. The van der Waals surface area contributed by atoms with E-state index in [1.54, 1.807) is 33.8 Å². The van der Waals surface area contributed by atoms with E-state index >= 15 is 0 Å². The summed E-state index contributed by atoms with van der Waals surface area (Å²) >= 11 is 0. The first-order valence-corrected chi connectivity index (χ1v) is 6.34. The van der Waals surface area contributed by atoms with Crippen LogP contribution in [0.3, 0.4) is 0 Å². The number of hydrogen-bond donors (Lipinski definition) is 2. The topological polar surface area (TPSA) is 88.3 Å². The summed E-state index contributed by atoms with van der Waals surface area (Å²) in [4.78, 5) is 37.8. The fraction of sp³-hybridized carbons (Fsp3) is 0.500. The second kappa shape index (κ2) is 5.90. The van der Waals surface area contributed by atoms with E-state index < -0.39 is 29.1 Å². The number of rotatable bonds is 3. The molecule has 0 spiro atoms. The smallest absolute Gasteiger partial charge is 0.328 e. The molecule has 1 aromatic rings. The van der Waals surface area contributed by atoms with Gasteiger partial charge in [-0.25, -0.2) is 4.79 Å². The molecule has 0 saturated carbocycles. The minimum absolute atomic E-state index is 0.0361. The number of esters is 1. The summed E-state index contributed by atoms with van der Waals surface area (Å²) in [6, 6.07) is 2.21. The predicted molar refractivity (Wildman–Crippen MR) is 74.6 cm³/mol. The van der Waals surface area contributed by atoms with Crippen LogP contribution >= 0.6 is 0 Å². The van der Waals surface area contributed by atoms with Gasteiger partial charge in [-0.2, -0.15) is 0 Å². The van der Waals surface area contributed by atoms with Crippen LogP contribution < -0.4 is 10.9 Å². The molecule has 2 N–H and O–H groups in total. The van der Waals surface area contributed by atoms with Gasteiger partial charge in [0.15, 0.2) is 0 Å². The van der Waals surface area contributed by atoms with E-state index in [0.29, 0.717) is 5.69 Å². The van der Waals surface area contributed by atoms with Crippen LogP contribution in [0.2, 0.25) is 0 Å². The van der Waals surface area contributed by atoms with Gasteiger partial charge in [0.1, 0.15) is 17.2 Å². The number of amides is 1. The number of nitrogens with one attached hydrogen (secondary N) is 2. The van der Waals surface area contributed by atoms with Crippen LogP contribution in [0.15, 0.2) is 16.9 Å². The van der Waals surface area contributed by atoms with E-state index in [1.807, 2.05) is 0 Å². The van der Waals surface area contributed by atoms with Crippen molar-refractivity contribution in [3.63, 3.8) is 0 Å². The fourth-order valence-electron chi connectivity index (χ4n) is 1.47. The number of aromatic nitrogens is 1. The van der Waals surface area contributed by atoms with Crippen LogP contribution in [0.1, 0.15) is 43.7 Å². The number of aromatic amines is 1. The molecule has 1 atom stereocenters. The molecular weight excluding hydrogens is 260 g/mol. The van der Waals surface area contributed by atoms with Crippen molar-refractivity contribution in [1.29, 1.82) is 0 Å². The number of pyridine rings is 1. The van der Waals surface area contributed by atoms with Gasteiger partial charge in [0, 0.05) is 5.69 Å². The molecule has 0 saturated heterocycles. The molecule has 1 rings (SSSR count). The van der Waals surface area contributed by atoms with E-state index in [9.17, 15) is 14.4 Å². The van der Waals surface area contributed by atoms with Crippen LogP contribution in [0.4, 0.5) is 0 Å². The monoisotopic (exact) mass is 280 g/mol. The highest BCUT2D eigenvalue weighted by Gasteiger charge is 2.24. The fourth-order valence-corrected chi connectivity index (χ4v) is 1.47. The lowest BCUT2D eigenvalue weighted by Gasteiger charge is -2.22. The molecule has 1 amide bonds. The number of ether oxygens (including phenoxy) is 1. The van der Waals surface area contributed by atoms with Gasteiger partial charge < -0.3 is 15.0 Å². The van der Waals surface area contributed by atoms with Crippen molar-refractivity contribution in [1.82, 2.24) is 10.3 Å². The van der Waals surface area contributed by atoms with Crippen LogP contribution in [-0.2, 0) is 9.53 Å². The van der Waals surface area contributed by atoms with Crippen molar-refractivity contribution in [3.8, 4) is 0 Å². The Morgan fingerprint density at radius 3 is 2.40 bits per heavy atom. The minimum atomic E-state index is -0.831. The zero-order valence-electron chi connectivity index (χ0n) is 12.4. The van der Waals surface area contributed by atoms with Crippen LogP contribution in [0.25, 0.3) is 0 Å². The van der Waals surface area contributed by atoms with E-state index in [1.165, 1.54) is 13.0 Å². The SMILES string of the molecule is Cc1ccc(C(=O)N[C@H](C)C(=O)OC(C)(C)C)c(=O)[nH]1. The maximum atomic E-state index is 11.9. The van der Waals surface area contributed by atoms with Crippen molar-refractivity contribution in [2.75, 3.05) is 0 Å². The van der Waals surface area contributed by atoms with E-state index in [0.717, 1.165) is 0 Å². The van der Waals surface area contributed by atoms with Gasteiger partial charge in [0.2, 0.25) is 0 Å². The Bertz CT molecular complexity index is 569. The molecule has 0 aliphatic heterocycles. The van der Waals surface area contributed by atoms with E-state index in [-0.39, 0.29) is 5.56 Å². The van der Waals surface area contributed by atoms with Gasteiger partial charge in [0.05, 0.1) is 0 Å². The molecule has 0 aromatic carbocycles. The average molecular weight is 280 g/mol. The Hall–Kier alpha value is -2.11. The zero-order valence-corrected chi connectivity index (χ0v) is 12.4. The summed E-state index contributed by atoms with van der Waals surface area (Å²) in [5.41, 5.74) is -0.492. The molecule has 6 nitrogen and oxygen atoms in total. The second-order valence-corrected chi connectivity index (χ2v) is 5.61. The lowest BCUT2D eigenvalue weighted by atomic mass is 10.2. The summed E-state index contributed by atoms with van der Waals surface area (Å²) in [5, 5.41) is 2.45. The zero-order chi connectivity index (χ0) is 15.5. The molecule has 20 heavy (non-hydrogen) atoms. The molecule has 0 fully saturated rings. The molecule has 6 heteroatoms. The van der Waals surface area contributed by atoms with Crippen molar-refractivity contribution >= 4 is 11.9 Å². The number of carbonyl (C=O) groups is 2. The van der Waals surface area contributed by atoms with Gasteiger partial charge >= 0.3 is 5.97 Å². The van der Waals surface area contributed by atoms with Crippen molar-refractivity contribution in [2.24, 2.45) is 0 Å².